The summed E-state index contributed by atoms with van der Waals surface area (Å²) in [7, 11) is 1.35. The van der Waals surface area contributed by atoms with Crippen molar-refractivity contribution < 1.29 is 9.53 Å². The Bertz CT molecular complexity index is 343. The van der Waals surface area contributed by atoms with Crippen LogP contribution in [-0.4, -0.2) is 19.1 Å². The molecule has 0 saturated heterocycles. The molecule has 0 aliphatic rings. The Hall–Kier alpha value is -1.35. The average Bonchev–Trinajstić information content (AvgIpc) is 2.28. The molecule has 1 rings (SSSR count). The van der Waals surface area contributed by atoms with E-state index < -0.39 is 6.04 Å². The van der Waals surface area contributed by atoms with Crippen LogP contribution in [-0.2, 0) is 16.0 Å². The minimum atomic E-state index is -0.574. The maximum atomic E-state index is 11.1. The number of nitrogens with two attached hydrogens (primary N) is 1. The van der Waals surface area contributed by atoms with E-state index >= 15 is 0 Å². The van der Waals surface area contributed by atoms with Gasteiger partial charge in [0, 0.05) is 0 Å². The smallest absolute Gasteiger partial charge is 0.322 e. The van der Waals surface area contributed by atoms with Gasteiger partial charge in [-0.3, -0.25) is 4.79 Å². The highest BCUT2D eigenvalue weighted by Gasteiger charge is 2.13. The van der Waals surface area contributed by atoms with E-state index in [1.165, 1.54) is 12.7 Å². The molecule has 16 heavy (non-hydrogen) atoms. The van der Waals surface area contributed by atoms with E-state index in [1.807, 2.05) is 12.1 Å². The first-order chi connectivity index (χ1) is 7.54. The number of hydrogen-bond acceptors (Lipinski definition) is 3. The molecule has 2 N–H and O–H groups in total. The second kappa shape index (κ2) is 5.66. The van der Waals surface area contributed by atoms with Crippen LogP contribution in [0.5, 0.6) is 0 Å². The van der Waals surface area contributed by atoms with Gasteiger partial charge in [0.25, 0.3) is 0 Å². The number of carbonyl (C=O) groups excluding carboxylic acids is 1. The highest BCUT2D eigenvalue weighted by molar-refractivity contribution is 5.75. The Labute approximate surface area is 96.6 Å². The van der Waals surface area contributed by atoms with Crippen LogP contribution in [0.15, 0.2) is 24.3 Å². The number of carbonyl (C=O) groups is 1. The molecule has 0 bridgehead atoms. The van der Waals surface area contributed by atoms with Gasteiger partial charge >= 0.3 is 5.97 Å². The molecule has 0 saturated carbocycles. The Morgan fingerprint density at radius 3 is 2.31 bits per heavy atom. The van der Waals surface area contributed by atoms with Crippen molar-refractivity contribution in [3.8, 4) is 0 Å². The molecule has 0 aliphatic carbocycles. The molecular weight excluding hydrogens is 202 g/mol. The topological polar surface area (TPSA) is 52.3 Å². The third-order valence-electron chi connectivity index (χ3n) is 2.61. The van der Waals surface area contributed by atoms with Crippen molar-refractivity contribution in [2.45, 2.75) is 32.2 Å². The van der Waals surface area contributed by atoms with E-state index in [9.17, 15) is 4.79 Å². The van der Waals surface area contributed by atoms with E-state index in [0.717, 1.165) is 5.56 Å². The average molecular weight is 221 g/mol. The molecule has 0 fully saturated rings. The van der Waals surface area contributed by atoms with Gasteiger partial charge in [-0.1, -0.05) is 38.1 Å². The lowest BCUT2D eigenvalue weighted by Crippen LogP contribution is -2.33. The van der Waals surface area contributed by atoms with Gasteiger partial charge in [-0.05, 0) is 23.5 Å². The molecule has 0 spiro atoms. The predicted octanol–water partition coefficient (Wildman–Crippen LogP) is 1.85. The summed E-state index contributed by atoms with van der Waals surface area (Å²) >= 11 is 0. The van der Waals surface area contributed by atoms with Crippen molar-refractivity contribution in [3.05, 3.63) is 35.4 Å². The summed E-state index contributed by atoms with van der Waals surface area (Å²) in [6.07, 6.45) is 0.519. The zero-order chi connectivity index (χ0) is 12.1. The third kappa shape index (κ3) is 3.35. The summed E-state index contributed by atoms with van der Waals surface area (Å²) in [5.74, 6) is 0.149. The Balaban J connectivity index is 2.65. The lowest BCUT2D eigenvalue weighted by Gasteiger charge is -2.10. The van der Waals surface area contributed by atoms with Crippen LogP contribution in [0.1, 0.15) is 30.9 Å². The first-order valence-electron chi connectivity index (χ1n) is 5.47. The van der Waals surface area contributed by atoms with E-state index in [4.69, 9.17) is 5.73 Å². The van der Waals surface area contributed by atoms with Crippen molar-refractivity contribution >= 4 is 5.97 Å². The molecule has 1 atom stereocenters. The predicted molar refractivity (Wildman–Crippen MR) is 64.2 cm³/mol. The van der Waals surface area contributed by atoms with Gasteiger partial charge in [-0.15, -0.1) is 0 Å². The van der Waals surface area contributed by atoms with Gasteiger partial charge in [0.05, 0.1) is 7.11 Å². The standard InChI is InChI=1S/C13H19NO2/c1-9(2)11-6-4-10(5-7-11)8-12(14)13(15)16-3/h4-7,9,12H,8,14H2,1-3H3. The molecule has 3 nitrogen and oxygen atoms in total. The third-order valence-corrected chi connectivity index (χ3v) is 2.61. The maximum Gasteiger partial charge on any atom is 0.322 e. The van der Waals surface area contributed by atoms with E-state index in [-0.39, 0.29) is 5.97 Å². The van der Waals surface area contributed by atoms with Crippen LogP contribution < -0.4 is 5.73 Å². The van der Waals surface area contributed by atoms with Gasteiger partial charge in [-0.25, -0.2) is 0 Å². The fourth-order valence-electron chi connectivity index (χ4n) is 1.53. The SMILES string of the molecule is COC(=O)C(N)Cc1ccc(C(C)C)cc1. The summed E-state index contributed by atoms with van der Waals surface area (Å²) in [5.41, 5.74) is 8.03. The maximum absolute atomic E-state index is 11.1. The number of hydrogen-bond donors (Lipinski definition) is 1. The van der Waals surface area contributed by atoms with Crippen molar-refractivity contribution in [1.29, 1.82) is 0 Å². The number of methoxy groups -OCH3 is 1. The monoisotopic (exact) mass is 221 g/mol. The summed E-state index contributed by atoms with van der Waals surface area (Å²) in [4.78, 5) is 11.1. The minimum Gasteiger partial charge on any atom is -0.468 e. The molecule has 1 unspecified atom stereocenters. The molecule has 1 aromatic carbocycles. The molecule has 3 heteroatoms. The highest BCUT2D eigenvalue weighted by atomic mass is 16.5. The highest BCUT2D eigenvalue weighted by Crippen LogP contribution is 2.15. The number of esters is 1. The molecule has 0 amide bonds. The number of rotatable bonds is 4. The summed E-state index contributed by atoms with van der Waals surface area (Å²) in [6.45, 7) is 4.30. The fourth-order valence-corrected chi connectivity index (χ4v) is 1.53. The molecular formula is C13H19NO2. The second-order valence-electron chi connectivity index (χ2n) is 4.23. The van der Waals surface area contributed by atoms with Crippen LogP contribution in [0.25, 0.3) is 0 Å². The van der Waals surface area contributed by atoms with Crippen molar-refractivity contribution in [2.75, 3.05) is 7.11 Å². The summed E-state index contributed by atoms with van der Waals surface area (Å²) in [6, 6.07) is 7.60. The van der Waals surface area contributed by atoms with Crippen molar-refractivity contribution in [2.24, 2.45) is 5.73 Å². The molecule has 0 aliphatic heterocycles. The van der Waals surface area contributed by atoms with E-state index in [1.54, 1.807) is 0 Å². The molecule has 88 valence electrons. The van der Waals surface area contributed by atoms with Gasteiger partial charge in [0.2, 0.25) is 0 Å². The van der Waals surface area contributed by atoms with Crippen LogP contribution >= 0.6 is 0 Å². The van der Waals surface area contributed by atoms with Gasteiger partial charge in [0.15, 0.2) is 0 Å². The second-order valence-corrected chi connectivity index (χ2v) is 4.23. The van der Waals surface area contributed by atoms with E-state index in [0.29, 0.717) is 12.3 Å². The normalized spacial score (nSPS) is 12.6. The first-order valence-corrected chi connectivity index (χ1v) is 5.47. The van der Waals surface area contributed by atoms with Crippen molar-refractivity contribution in [3.63, 3.8) is 0 Å². The zero-order valence-corrected chi connectivity index (χ0v) is 10.1. The van der Waals surface area contributed by atoms with Crippen LogP contribution in [0, 0.1) is 0 Å². The van der Waals surface area contributed by atoms with Gasteiger partial charge in [-0.2, -0.15) is 0 Å². The first kappa shape index (κ1) is 12.7. The molecule has 0 aromatic heterocycles. The summed E-state index contributed by atoms with van der Waals surface area (Å²) < 4.78 is 4.58. The Kier molecular flexibility index (Phi) is 4.50. The van der Waals surface area contributed by atoms with Gasteiger partial charge in [0.1, 0.15) is 6.04 Å². The molecule has 0 radical (unpaired) electrons. The Morgan fingerprint density at radius 1 is 1.31 bits per heavy atom. The van der Waals surface area contributed by atoms with Gasteiger partial charge < -0.3 is 10.5 Å². The summed E-state index contributed by atoms with van der Waals surface area (Å²) in [5, 5.41) is 0. The molecule has 1 aromatic rings. The largest absolute Gasteiger partial charge is 0.468 e. The Morgan fingerprint density at radius 2 is 1.88 bits per heavy atom. The lowest BCUT2D eigenvalue weighted by molar-refractivity contribution is -0.142. The number of ether oxygens (including phenoxy) is 1. The van der Waals surface area contributed by atoms with E-state index in [2.05, 4.69) is 30.7 Å². The number of benzene rings is 1. The van der Waals surface area contributed by atoms with Crippen molar-refractivity contribution in [1.82, 2.24) is 0 Å². The van der Waals surface area contributed by atoms with Crippen LogP contribution in [0.3, 0.4) is 0 Å². The molecule has 0 heterocycles. The van der Waals surface area contributed by atoms with Crippen LogP contribution in [0.2, 0.25) is 0 Å². The lowest BCUT2D eigenvalue weighted by atomic mass is 9.99. The fraction of sp³-hybridized carbons (Fsp3) is 0.462. The quantitative estimate of drug-likeness (QED) is 0.789. The minimum absolute atomic E-state index is 0.368. The zero-order valence-electron chi connectivity index (χ0n) is 10.1. The van der Waals surface area contributed by atoms with Crippen LogP contribution in [0.4, 0.5) is 0 Å².